The zero-order valence-electron chi connectivity index (χ0n) is 14.1. The van der Waals surface area contributed by atoms with Crippen molar-refractivity contribution in [3.63, 3.8) is 0 Å². The number of hydrogen-bond donors (Lipinski definition) is 1. The molecule has 4 nitrogen and oxygen atoms in total. The summed E-state index contributed by atoms with van der Waals surface area (Å²) in [7, 11) is 0. The maximum absolute atomic E-state index is 12.4. The molecule has 2 heterocycles. The predicted octanol–water partition coefficient (Wildman–Crippen LogP) is 3.05. The van der Waals surface area contributed by atoms with Crippen molar-refractivity contribution >= 4 is 23.2 Å². The molecule has 5 heteroatoms. The molecule has 0 spiro atoms. The van der Waals surface area contributed by atoms with Crippen LogP contribution in [0.4, 0.5) is 0 Å². The molecule has 0 aromatic carbocycles. The number of nitrogens with one attached hydrogen (secondary N) is 1. The van der Waals surface area contributed by atoms with Crippen LogP contribution in [0.2, 0.25) is 0 Å². The van der Waals surface area contributed by atoms with Gasteiger partial charge in [-0.05, 0) is 38.3 Å². The normalized spacial score (nSPS) is 19.8. The third-order valence-corrected chi connectivity index (χ3v) is 5.06. The van der Waals surface area contributed by atoms with Crippen molar-refractivity contribution in [2.24, 2.45) is 11.8 Å². The predicted molar refractivity (Wildman–Crippen MR) is 89.9 cm³/mol. The van der Waals surface area contributed by atoms with Gasteiger partial charge < -0.3 is 10.2 Å². The Hall–Kier alpha value is -1.36. The van der Waals surface area contributed by atoms with Crippen molar-refractivity contribution in [2.45, 2.75) is 47.1 Å². The van der Waals surface area contributed by atoms with E-state index in [1.807, 2.05) is 11.8 Å². The van der Waals surface area contributed by atoms with Crippen LogP contribution < -0.4 is 5.32 Å². The number of nitrogens with zero attached hydrogens (tertiary/aromatic N) is 1. The standard InChI is InChI=1S/C17H26N2O2S/c1-10(2)8-19-9-14(7-16(19)20)17(21)18-12(4)15-6-11(3)22-13(15)5/h6,10,12,14H,7-9H2,1-5H3,(H,18,21)/t12-,14+/m0/s1. The number of thiophene rings is 1. The Morgan fingerprint density at radius 1 is 1.41 bits per heavy atom. The second kappa shape index (κ2) is 6.82. The summed E-state index contributed by atoms with van der Waals surface area (Å²) >= 11 is 1.75. The Labute approximate surface area is 136 Å². The molecule has 1 aliphatic heterocycles. The molecule has 2 atom stereocenters. The Kier molecular flexibility index (Phi) is 5.27. The van der Waals surface area contributed by atoms with Crippen molar-refractivity contribution < 1.29 is 9.59 Å². The smallest absolute Gasteiger partial charge is 0.225 e. The molecule has 22 heavy (non-hydrogen) atoms. The number of rotatable bonds is 5. The van der Waals surface area contributed by atoms with Crippen LogP contribution in [-0.2, 0) is 9.59 Å². The molecule has 2 amide bonds. The van der Waals surface area contributed by atoms with Crippen LogP contribution in [0.15, 0.2) is 6.07 Å². The Balaban J connectivity index is 1.95. The van der Waals surface area contributed by atoms with E-state index in [2.05, 4.69) is 39.1 Å². The van der Waals surface area contributed by atoms with Crippen LogP contribution in [0, 0.1) is 25.7 Å². The van der Waals surface area contributed by atoms with Crippen molar-refractivity contribution in [1.29, 1.82) is 0 Å². The molecule has 0 radical (unpaired) electrons. The van der Waals surface area contributed by atoms with Crippen LogP contribution in [0.3, 0.4) is 0 Å². The highest BCUT2D eigenvalue weighted by atomic mass is 32.1. The second-order valence-electron chi connectivity index (χ2n) is 6.69. The Bertz CT molecular complexity index is 565. The van der Waals surface area contributed by atoms with E-state index < -0.39 is 0 Å². The average Bonchev–Trinajstić information content (AvgIpc) is 2.92. The quantitative estimate of drug-likeness (QED) is 0.906. The molecular formula is C17H26N2O2S. The molecule has 0 unspecified atom stereocenters. The maximum Gasteiger partial charge on any atom is 0.225 e. The lowest BCUT2D eigenvalue weighted by atomic mass is 10.1. The summed E-state index contributed by atoms with van der Waals surface area (Å²) in [6, 6.07) is 2.13. The van der Waals surface area contributed by atoms with E-state index in [1.54, 1.807) is 11.3 Å². The number of carbonyl (C=O) groups is 2. The summed E-state index contributed by atoms with van der Waals surface area (Å²) in [4.78, 5) is 28.7. The van der Waals surface area contributed by atoms with Gasteiger partial charge in [0.15, 0.2) is 0 Å². The van der Waals surface area contributed by atoms with E-state index >= 15 is 0 Å². The molecular weight excluding hydrogens is 296 g/mol. The van der Waals surface area contributed by atoms with E-state index in [-0.39, 0.29) is 23.8 Å². The molecule has 122 valence electrons. The Morgan fingerprint density at radius 2 is 2.09 bits per heavy atom. The second-order valence-corrected chi connectivity index (χ2v) is 8.15. The van der Waals surface area contributed by atoms with Crippen LogP contribution in [0.5, 0.6) is 0 Å². The van der Waals surface area contributed by atoms with Crippen LogP contribution in [-0.4, -0.2) is 29.8 Å². The fourth-order valence-corrected chi connectivity index (χ4v) is 4.08. The molecule has 1 aliphatic rings. The molecule has 2 rings (SSSR count). The highest BCUT2D eigenvalue weighted by Gasteiger charge is 2.34. The molecule has 0 saturated carbocycles. The first-order valence-electron chi connectivity index (χ1n) is 7.93. The van der Waals surface area contributed by atoms with Gasteiger partial charge in [-0.15, -0.1) is 11.3 Å². The molecule has 1 saturated heterocycles. The van der Waals surface area contributed by atoms with E-state index in [0.29, 0.717) is 18.9 Å². The lowest BCUT2D eigenvalue weighted by Gasteiger charge is -2.20. The fraction of sp³-hybridized carbons (Fsp3) is 0.647. The molecule has 0 aliphatic carbocycles. The van der Waals surface area contributed by atoms with Crippen molar-refractivity contribution in [3.8, 4) is 0 Å². The van der Waals surface area contributed by atoms with E-state index in [1.165, 1.54) is 15.3 Å². The largest absolute Gasteiger partial charge is 0.349 e. The third kappa shape index (κ3) is 3.88. The van der Waals surface area contributed by atoms with Crippen molar-refractivity contribution in [2.75, 3.05) is 13.1 Å². The lowest BCUT2D eigenvalue weighted by molar-refractivity contribution is -0.129. The monoisotopic (exact) mass is 322 g/mol. The number of carbonyl (C=O) groups excluding carboxylic acids is 2. The van der Waals surface area contributed by atoms with Gasteiger partial charge in [-0.2, -0.15) is 0 Å². The number of amides is 2. The minimum atomic E-state index is -0.214. The number of likely N-dealkylation sites (tertiary alicyclic amines) is 1. The zero-order valence-corrected chi connectivity index (χ0v) is 14.9. The molecule has 1 aromatic rings. The summed E-state index contributed by atoms with van der Waals surface area (Å²) in [5.74, 6) is 0.314. The van der Waals surface area contributed by atoms with Gasteiger partial charge in [0.1, 0.15) is 0 Å². The van der Waals surface area contributed by atoms with Crippen LogP contribution in [0.25, 0.3) is 0 Å². The van der Waals surface area contributed by atoms with Crippen molar-refractivity contribution in [1.82, 2.24) is 10.2 Å². The number of hydrogen-bond acceptors (Lipinski definition) is 3. The van der Waals surface area contributed by atoms with Gasteiger partial charge in [0, 0.05) is 29.3 Å². The van der Waals surface area contributed by atoms with Crippen molar-refractivity contribution in [3.05, 3.63) is 21.4 Å². The summed E-state index contributed by atoms with van der Waals surface area (Å²) < 4.78 is 0. The van der Waals surface area contributed by atoms with Gasteiger partial charge >= 0.3 is 0 Å². The van der Waals surface area contributed by atoms with E-state index in [9.17, 15) is 9.59 Å². The van der Waals surface area contributed by atoms with E-state index in [0.717, 1.165) is 6.54 Å². The molecule has 1 N–H and O–H groups in total. The van der Waals surface area contributed by atoms with Gasteiger partial charge in [-0.1, -0.05) is 13.8 Å². The van der Waals surface area contributed by atoms with Crippen LogP contribution >= 0.6 is 11.3 Å². The molecule has 0 bridgehead atoms. The topological polar surface area (TPSA) is 49.4 Å². The summed E-state index contributed by atoms with van der Waals surface area (Å²) in [6.45, 7) is 11.6. The highest BCUT2D eigenvalue weighted by molar-refractivity contribution is 7.12. The van der Waals surface area contributed by atoms with Gasteiger partial charge in [0.25, 0.3) is 0 Å². The van der Waals surface area contributed by atoms with Gasteiger partial charge in [-0.3, -0.25) is 9.59 Å². The van der Waals surface area contributed by atoms with E-state index in [4.69, 9.17) is 0 Å². The van der Waals surface area contributed by atoms with Crippen LogP contribution in [0.1, 0.15) is 48.6 Å². The minimum Gasteiger partial charge on any atom is -0.349 e. The minimum absolute atomic E-state index is 0.00430. The zero-order chi connectivity index (χ0) is 16.4. The SMILES string of the molecule is Cc1cc([C@H](C)NC(=O)[C@@H]2CC(=O)N(CC(C)C)C2)c(C)s1. The molecule has 1 fully saturated rings. The number of aryl methyl sites for hydroxylation is 2. The Morgan fingerprint density at radius 3 is 2.64 bits per heavy atom. The average molecular weight is 322 g/mol. The lowest BCUT2D eigenvalue weighted by Crippen LogP contribution is -2.35. The third-order valence-electron chi connectivity index (χ3n) is 4.08. The first kappa shape index (κ1) is 17.0. The summed E-state index contributed by atoms with van der Waals surface area (Å²) in [5.41, 5.74) is 1.18. The highest BCUT2D eigenvalue weighted by Crippen LogP contribution is 2.27. The van der Waals surface area contributed by atoms with Gasteiger partial charge in [0.05, 0.1) is 12.0 Å². The molecule has 1 aromatic heterocycles. The summed E-state index contributed by atoms with van der Waals surface area (Å²) in [5, 5.41) is 3.08. The fourth-order valence-electron chi connectivity index (χ4n) is 3.05. The first-order chi connectivity index (χ1) is 10.3. The van der Waals surface area contributed by atoms with Gasteiger partial charge in [0.2, 0.25) is 11.8 Å². The first-order valence-corrected chi connectivity index (χ1v) is 8.74. The van der Waals surface area contributed by atoms with Gasteiger partial charge in [-0.25, -0.2) is 0 Å². The maximum atomic E-state index is 12.4. The summed E-state index contributed by atoms with van der Waals surface area (Å²) in [6.07, 6.45) is 0.340.